The number of aryl methyl sites for hydroxylation is 2. The van der Waals surface area contributed by atoms with Gasteiger partial charge < -0.3 is 4.74 Å². The van der Waals surface area contributed by atoms with Crippen molar-refractivity contribution in [1.29, 1.82) is 0 Å². The lowest BCUT2D eigenvalue weighted by atomic mass is 10.1. The Labute approximate surface area is 133 Å². The Morgan fingerprint density at radius 3 is 2.78 bits per heavy atom. The van der Waals surface area contributed by atoms with Crippen molar-refractivity contribution in [3.8, 4) is 11.8 Å². The van der Waals surface area contributed by atoms with E-state index in [2.05, 4.69) is 21.9 Å². The van der Waals surface area contributed by atoms with Crippen LogP contribution in [0.4, 0.5) is 0 Å². The van der Waals surface area contributed by atoms with E-state index in [-0.39, 0.29) is 5.97 Å². The summed E-state index contributed by atoms with van der Waals surface area (Å²) in [6.07, 6.45) is 1.69. The van der Waals surface area contributed by atoms with Gasteiger partial charge in [-0.15, -0.1) is 0 Å². The molecule has 1 aromatic carbocycles. The first kappa shape index (κ1) is 14.8. The van der Waals surface area contributed by atoms with Crippen molar-refractivity contribution < 1.29 is 9.53 Å². The molecule has 0 aliphatic heterocycles. The number of rotatable bonds is 1. The molecule has 0 amide bonds. The minimum Gasteiger partial charge on any atom is -0.465 e. The van der Waals surface area contributed by atoms with Gasteiger partial charge in [-0.1, -0.05) is 12.0 Å². The fourth-order valence-corrected chi connectivity index (χ4v) is 2.18. The third kappa shape index (κ3) is 2.92. The number of nitrogens with zero attached hydrogens (tertiary/aromatic N) is 3. The standard InChI is InChI=1S/C18H15N3O2/c1-12-4-6-15(18(22)23-3)10-14(12)7-8-16-11-19-17-9-5-13(2)20-21(16)17/h4-6,9-11H,1-3H3. The average molecular weight is 305 g/mol. The Bertz CT molecular complexity index is 961. The van der Waals surface area contributed by atoms with E-state index in [1.54, 1.807) is 22.8 Å². The van der Waals surface area contributed by atoms with Gasteiger partial charge in [-0.05, 0) is 49.6 Å². The summed E-state index contributed by atoms with van der Waals surface area (Å²) in [4.78, 5) is 15.9. The summed E-state index contributed by atoms with van der Waals surface area (Å²) in [5.74, 6) is 5.78. The zero-order chi connectivity index (χ0) is 16.4. The van der Waals surface area contributed by atoms with E-state index < -0.39 is 0 Å². The van der Waals surface area contributed by atoms with Gasteiger partial charge in [-0.3, -0.25) is 0 Å². The molecule has 3 rings (SSSR count). The fourth-order valence-electron chi connectivity index (χ4n) is 2.18. The van der Waals surface area contributed by atoms with Crippen LogP contribution in [0.1, 0.15) is 32.9 Å². The molecule has 0 saturated carbocycles. The maximum atomic E-state index is 11.6. The van der Waals surface area contributed by atoms with Crippen LogP contribution in [0.3, 0.4) is 0 Å². The summed E-state index contributed by atoms with van der Waals surface area (Å²) < 4.78 is 6.45. The number of esters is 1. The minimum atomic E-state index is -0.375. The van der Waals surface area contributed by atoms with Crippen molar-refractivity contribution in [1.82, 2.24) is 14.6 Å². The molecule has 0 fully saturated rings. The monoisotopic (exact) mass is 305 g/mol. The molecule has 23 heavy (non-hydrogen) atoms. The number of imidazole rings is 1. The molecule has 114 valence electrons. The molecule has 5 nitrogen and oxygen atoms in total. The molecule has 0 N–H and O–H groups in total. The number of aromatic nitrogens is 3. The predicted octanol–water partition coefficient (Wildman–Crippen LogP) is 2.53. The first-order valence-corrected chi connectivity index (χ1v) is 7.11. The van der Waals surface area contributed by atoms with Gasteiger partial charge in [-0.25, -0.2) is 14.3 Å². The SMILES string of the molecule is COC(=O)c1ccc(C)c(C#Cc2cnc3ccc(C)nn23)c1. The molecule has 2 heterocycles. The van der Waals surface area contributed by atoms with Crippen molar-refractivity contribution >= 4 is 11.6 Å². The predicted molar refractivity (Wildman–Crippen MR) is 86.2 cm³/mol. The minimum absolute atomic E-state index is 0.375. The molecule has 0 atom stereocenters. The van der Waals surface area contributed by atoms with Gasteiger partial charge in [0.15, 0.2) is 5.65 Å². The summed E-state index contributed by atoms with van der Waals surface area (Å²) in [5, 5.41) is 4.41. The van der Waals surface area contributed by atoms with E-state index in [4.69, 9.17) is 4.74 Å². The highest BCUT2D eigenvalue weighted by atomic mass is 16.5. The molecule has 0 aliphatic rings. The molecule has 0 aliphatic carbocycles. The zero-order valence-corrected chi connectivity index (χ0v) is 13.1. The van der Waals surface area contributed by atoms with Crippen LogP contribution in [0, 0.1) is 25.7 Å². The van der Waals surface area contributed by atoms with Crippen LogP contribution in [0.2, 0.25) is 0 Å². The Morgan fingerprint density at radius 2 is 2.00 bits per heavy atom. The summed E-state index contributed by atoms with van der Waals surface area (Å²) >= 11 is 0. The molecule has 3 aromatic rings. The van der Waals surface area contributed by atoms with Crippen LogP contribution in [-0.4, -0.2) is 27.7 Å². The van der Waals surface area contributed by atoms with Crippen molar-refractivity contribution in [3.05, 3.63) is 64.6 Å². The Kier molecular flexibility index (Phi) is 3.82. The number of methoxy groups -OCH3 is 1. The van der Waals surface area contributed by atoms with Crippen LogP contribution in [0.25, 0.3) is 5.65 Å². The fraction of sp³-hybridized carbons (Fsp3) is 0.167. The molecule has 5 heteroatoms. The van der Waals surface area contributed by atoms with Crippen LogP contribution in [0.5, 0.6) is 0 Å². The van der Waals surface area contributed by atoms with Gasteiger partial charge in [0.25, 0.3) is 0 Å². The maximum Gasteiger partial charge on any atom is 0.337 e. The van der Waals surface area contributed by atoms with E-state index >= 15 is 0 Å². The van der Waals surface area contributed by atoms with Crippen LogP contribution in [0.15, 0.2) is 36.5 Å². The first-order chi connectivity index (χ1) is 11.1. The van der Waals surface area contributed by atoms with Gasteiger partial charge in [0.1, 0.15) is 5.69 Å². The molecular weight excluding hydrogens is 290 g/mol. The topological polar surface area (TPSA) is 56.5 Å². The second-order valence-corrected chi connectivity index (χ2v) is 5.16. The van der Waals surface area contributed by atoms with Crippen molar-refractivity contribution in [2.24, 2.45) is 0 Å². The Morgan fingerprint density at radius 1 is 1.17 bits per heavy atom. The van der Waals surface area contributed by atoms with Gasteiger partial charge in [0.2, 0.25) is 0 Å². The van der Waals surface area contributed by atoms with Crippen molar-refractivity contribution in [3.63, 3.8) is 0 Å². The third-order valence-corrected chi connectivity index (χ3v) is 3.48. The average Bonchev–Trinajstić information content (AvgIpc) is 2.95. The van der Waals surface area contributed by atoms with Gasteiger partial charge in [-0.2, -0.15) is 5.10 Å². The molecule has 0 spiro atoms. The van der Waals surface area contributed by atoms with E-state index in [0.29, 0.717) is 11.3 Å². The smallest absolute Gasteiger partial charge is 0.337 e. The number of hydrogen-bond donors (Lipinski definition) is 0. The lowest BCUT2D eigenvalue weighted by molar-refractivity contribution is 0.0600. The number of hydrogen-bond acceptors (Lipinski definition) is 4. The number of carbonyl (C=O) groups is 1. The molecule has 0 radical (unpaired) electrons. The number of benzene rings is 1. The van der Waals surface area contributed by atoms with Crippen LogP contribution >= 0.6 is 0 Å². The highest BCUT2D eigenvalue weighted by Gasteiger charge is 2.07. The number of ether oxygens (including phenoxy) is 1. The quantitative estimate of drug-likeness (QED) is 0.512. The summed E-state index contributed by atoms with van der Waals surface area (Å²) in [6, 6.07) is 9.12. The summed E-state index contributed by atoms with van der Waals surface area (Å²) in [5.41, 5.74) is 4.59. The van der Waals surface area contributed by atoms with Gasteiger partial charge in [0, 0.05) is 5.56 Å². The van der Waals surface area contributed by atoms with E-state index in [9.17, 15) is 4.79 Å². The normalized spacial score (nSPS) is 10.2. The molecule has 2 aromatic heterocycles. The molecule has 0 saturated heterocycles. The second-order valence-electron chi connectivity index (χ2n) is 5.16. The number of fused-ring (bicyclic) bond motifs is 1. The summed E-state index contributed by atoms with van der Waals surface area (Å²) in [7, 11) is 1.36. The third-order valence-electron chi connectivity index (χ3n) is 3.48. The number of carbonyl (C=O) groups excluding carboxylic acids is 1. The van der Waals surface area contributed by atoms with Gasteiger partial charge in [0.05, 0.1) is 24.6 Å². The van der Waals surface area contributed by atoms with E-state index in [0.717, 1.165) is 22.5 Å². The Balaban J connectivity index is 2.03. The van der Waals surface area contributed by atoms with E-state index in [1.165, 1.54) is 7.11 Å². The van der Waals surface area contributed by atoms with Gasteiger partial charge >= 0.3 is 5.97 Å². The zero-order valence-electron chi connectivity index (χ0n) is 13.1. The molecule has 0 bridgehead atoms. The maximum absolute atomic E-state index is 11.6. The first-order valence-electron chi connectivity index (χ1n) is 7.11. The Hall–Kier alpha value is -3.13. The molecule has 0 unspecified atom stereocenters. The lowest BCUT2D eigenvalue weighted by Crippen LogP contribution is -2.02. The van der Waals surface area contributed by atoms with Crippen LogP contribution < -0.4 is 0 Å². The highest BCUT2D eigenvalue weighted by molar-refractivity contribution is 5.89. The summed E-state index contributed by atoms with van der Waals surface area (Å²) in [6.45, 7) is 3.86. The largest absolute Gasteiger partial charge is 0.465 e. The van der Waals surface area contributed by atoms with E-state index in [1.807, 2.05) is 32.0 Å². The van der Waals surface area contributed by atoms with Crippen molar-refractivity contribution in [2.75, 3.05) is 7.11 Å². The lowest BCUT2D eigenvalue weighted by Gasteiger charge is -2.02. The van der Waals surface area contributed by atoms with Crippen LogP contribution in [-0.2, 0) is 4.74 Å². The van der Waals surface area contributed by atoms with Crippen molar-refractivity contribution in [2.45, 2.75) is 13.8 Å². The highest BCUT2D eigenvalue weighted by Crippen LogP contribution is 2.12. The molecular formula is C18H15N3O2. The second kappa shape index (κ2) is 5.93.